The molecular weight excluding hydrogens is 236 g/mol. The summed E-state index contributed by atoms with van der Waals surface area (Å²) in [6.45, 7) is 10.1. The van der Waals surface area contributed by atoms with Crippen LogP contribution in [0, 0.1) is 0 Å². The fourth-order valence-electron chi connectivity index (χ4n) is 2.17. The van der Waals surface area contributed by atoms with E-state index in [2.05, 4.69) is 61.0 Å². The molecule has 3 heteroatoms. The molecule has 0 amide bonds. The van der Waals surface area contributed by atoms with Crippen molar-refractivity contribution in [3.63, 3.8) is 0 Å². The third-order valence-electron chi connectivity index (χ3n) is 3.50. The number of hydrogen-bond donors (Lipinski definition) is 1. The molecule has 0 heterocycles. The molecular formula is C15H28N2Si. The van der Waals surface area contributed by atoms with Gasteiger partial charge in [-0.1, -0.05) is 63.9 Å². The van der Waals surface area contributed by atoms with Crippen LogP contribution in [-0.2, 0) is 0 Å². The Morgan fingerprint density at radius 2 is 1.72 bits per heavy atom. The van der Waals surface area contributed by atoms with Crippen molar-refractivity contribution in [3.05, 3.63) is 30.3 Å². The van der Waals surface area contributed by atoms with E-state index in [4.69, 9.17) is 0 Å². The van der Waals surface area contributed by atoms with E-state index < -0.39 is 8.96 Å². The van der Waals surface area contributed by atoms with Crippen LogP contribution in [0.4, 0.5) is 0 Å². The van der Waals surface area contributed by atoms with Gasteiger partial charge < -0.3 is 4.98 Å². The summed E-state index contributed by atoms with van der Waals surface area (Å²) >= 11 is 0. The van der Waals surface area contributed by atoms with E-state index in [0.717, 1.165) is 19.8 Å². The third-order valence-corrected chi connectivity index (χ3v) is 6.35. The van der Waals surface area contributed by atoms with Crippen molar-refractivity contribution in [2.45, 2.75) is 39.7 Å². The molecule has 0 spiro atoms. The minimum Gasteiger partial charge on any atom is -0.324 e. The Kier molecular flexibility index (Phi) is 7.97. The SMILES string of the molecule is CCCC[SiH](NCN(CC)CC)c1ccccc1. The minimum absolute atomic E-state index is 0.985. The van der Waals surface area contributed by atoms with E-state index in [0.29, 0.717) is 0 Å². The van der Waals surface area contributed by atoms with Gasteiger partial charge in [-0.25, -0.2) is 0 Å². The van der Waals surface area contributed by atoms with Gasteiger partial charge >= 0.3 is 0 Å². The first-order valence-electron chi connectivity index (χ1n) is 7.32. The normalized spacial score (nSPS) is 12.9. The lowest BCUT2D eigenvalue weighted by atomic mass is 10.4. The largest absolute Gasteiger partial charge is 0.324 e. The molecule has 0 radical (unpaired) electrons. The Morgan fingerprint density at radius 3 is 2.28 bits per heavy atom. The lowest BCUT2D eigenvalue weighted by molar-refractivity contribution is 0.300. The fourth-order valence-corrected chi connectivity index (χ4v) is 4.92. The van der Waals surface area contributed by atoms with Gasteiger partial charge in [-0.05, 0) is 24.3 Å². The second kappa shape index (κ2) is 9.31. The molecule has 2 nitrogen and oxygen atoms in total. The minimum atomic E-state index is -0.985. The second-order valence-electron chi connectivity index (χ2n) is 4.77. The van der Waals surface area contributed by atoms with Crippen LogP contribution < -0.4 is 10.2 Å². The number of hydrogen-bond acceptors (Lipinski definition) is 2. The molecule has 1 aromatic rings. The van der Waals surface area contributed by atoms with Crippen LogP contribution in [0.3, 0.4) is 0 Å². The van der Waals surface area contributed by atoms with E-state index >= 15 is 0 Å². The molecule has 0 aliphatic carbocycles. The average Bonchev–Trinajstić information content (AvgIpc) is 2.44. The Bertz CT molecular complexity index is 299. The van der Waals surface area contributed by atoms with Crippen LogP contribution in [0.1, 0.15) is 33.6 Å². The van der Waals surface area contributed by atoms with E-state index in [1.54, 1.807) is 5.19 Å². The first kappa shape index (κ1) is 15.4. The van der Waals surface area contributed by atoms with Gasteiger partial charge in [0.05, 0.1) is 0 Å². The molecule has 18 heavy (non-hydrogen) atoms. The summed E-state index contributed by atoms with van der Waals surface area (Å²) in [5.41, 5.74) is 0. The van der Waals surface area contributed by atoms with Crippen molar-refractivity contribution in [3.8, 4) is 0 Å². The molecule has 1 N–H and O–H groups in total. The smallest absolute Gasteiger partial charge is 0.142 e. The van der Waals surface area contributed by atoms with Crippen molar-refractivity contribution in [2.75, 3.05) is 19.8 Å². The monoisotopic (exact) mass is 264 g/mol. The topological polar surface area (TPSA) is 15.3 Å². The highest BCUT2D eigenvalue weighted by molar-refractivity contribution is 6.70. The van der Waals surface area contributed by atoms with Gasteiger partial charge in [-0.3, -0.25) is 4.90 Å². The Morgan fingerprint density at radius 1 is 1.06 bits per heavy atom. The van der Waals surface area contributed by atoms with Crippen molar-refractivity contribution in [1.82, 2.24) is 9.88 Å². The van der Waals surface area contributed by atoms with Crippen molar-refractivity contribution < 1.29 is 0 Å². The first-order valence-corrected chi connectivity index (χ1v) is 9.29. The van der Waals surface area contributed by atoms with Crippen molar-refractivity contribution in [1.29, 1.82) is 0 Å². The molecule has 1 atom stereocenters. The summed E-state index contributed by atoms with van der Waals surface area (Å²) in [5.74, 6) is 0. The standard InChI is InChI=1S/C15H28N2Si/c1-4-7-13-18(15-11-9-8-10-12-15)16-14-17(5-2)6-3/h8-12,16,18H,4-7,13-14H2,1-3H3. The molecule has 0 fully saturated rings. The third kappa shape index (κ3) is 5.34. The highest BCUT2D eigenvalue weighted by atomic mass is 28.3. The van der Waals surface area contributed by atoms with E-state index in [1.165, 1.54) is 18.9 Å². The lowest BCUT2D eigenvalue weighted by Crippen LogP contribution is -2.49. The predicted octanol–water partition coefficient (Wildman–Crippen LogP) is 2.31. The summed E-state index contributed by atoms with van der Waals surface area (Å²) in [5, 5.41) is 1.55. The van der Waals surface area contributed by atoms with Crippen LogP contribution >= 0.6 is 0 Å². The zero-order chi connectivity index (χ0) is 13.2. The zero-order valence-corrected chi connectivity index (χ0v) is 13.3. The fraction of sp³-hybridized carbons (Fsp3) is 0.600. The maximum atomic E-state index is 3.84. The molecule has 0 aromatic heterocycles. The maximum Gasteiger partial charge on any atom is 0.142 e. The average molecular weight is 264 g/mol. The molecule has 1 rings (SSSR count). The predicted molar refractivity (Wildman–Crippen MR) is 83.9 cm³/mol. The lowest BCUT2D eigenvalue weighted by Gasteiger charge is -2.23. The maximum absolute atomic E-state index is 3.84. The highest BCUT2D eigenvalue weighted by Crippen LogP contribution is 2.00. The van der Waals surface area contributed by atoms with E-state index in [1.807, 2.05) is 0 Å². The quantitative estimate of drug-likeness (QED) is 0.544. The molecule has 102 valence electrons. The van der Waals surface area contributed by atoms with Gasteiger partial charge in [0.15, 0.2) is 0 Å². The molecule has 0 saturated heterocycles. The van der Waals surface area contributed by atoms with Gasteiger partial charge in [0, 0.05) is 6.67 Å². The Balaban J connectivity index is 2.56. The van der Waals surface area contributed by atoms with E-state index in [-0.39, 0.29) is 0 Å². The summed E-state index contributed by atoms with van der Waals surface area (Å²) in [6.07, 6.45) is 2.64. The van der Waals surface area contributed by atoms with Crippen molar-refractivity contribution in [2.24, 2.45) is 0 Å². The van der Waals surface area contributed by atoms with Crippen LogP contribution in [-0.4, -0.2) is 33.6 Å². The van der Waals surface area contributed by atoms with Crippen LogP contribution in [0.2, 0.25) is 6.04 Å². The number of unbranched alkanes of at least 4 members (excludes halogenated alkanes) is 1. The van der Waals surface area contributed by atoms with Gasteiger partial charge in [0.25, 0.3) is 0 Å². The Hall–Kier alpha value is -0.643. The molecule has 0 saturated carbocycles. The molecule has 1 unspecified atom stereocenters. The zero-order valence-electron chi connectivity index (χ0n) is 12.2. The molecule has 1 aromatic carbocycles. The number of nitrogens with one attached hydrogen (secondary N) is 1. The van der Waals surface area contributed by atoms with Crippen LogP contribution in [0.25, 0.3) is 0 Å². The van der Waals surface area contributed by atoms with Gasteiger partial charge in [-0.15, -0.1) is 0 Å². The summed E-state index contributed by atoms with van der Waals surface area (Å²) in [6, 6.07) is 12.4. The first-order chi connectivity index (χ1) is 8.81. The second-order valence-corrected chi connectivity index (χ2v) is 7.53. The van der Waals surface area contributed by atoms with Gasteiger partial charge in [0.1, 0.15) is 8.96 Å². The molecule has 0 bridgehead atoms. The number of benzene rings is 1. The summed E-state index contributed by atoms with van der Waals surface area (Å²) < 4.78 is 0. The summed E-state index contributed by atoms with van der Waals surface area (Å²) in [4.78, 5) is 6.29. The number of nitrogens with zero attached hydrogens (tertiary/aromatic N) is 1. The van der Waals surface area contributed by atoms with Crippen LogP contribution in [0.5, 0.6) is 0 Å². The molecule has 0 aliphatic rings. The van der Waals surface area contributed by atoms with Crippen molar-refractivity contribution >= 4 is 14.1 Å². The van der Waals surface area contributed by atoms with Gasteiger partial charge in [0.2, 0.25) is 0 Å². The van der Waals surface area contributed by atoms with E-state index in [9.17, 15) is 0 Å². The van der Waals surface area contributed by atoms with Gasteiger partial charge in [-0.2, -0.15) is 0 Å². The molecule has 0 aliphatic heterocycles. The Labute approximate surface area is 114 Å². The van der Waals surface area contributed by atoms with Crippen LogP contribution in [0.15, 0.2) is 30.3 Å². The number of rotatable bonds is 9. The highest BCUT2D eigenvalue weighted by Gasteiger charge is 2.13. The summed E-state index contributed by atoms with van der Waals surface area (Å²) in [7, 11) is -0.985.